The third kappa shape index (κ3) is 2.42. The van der Waals surface area contributed by atoms with Crippen molar-refractivity contribution in [3.05, 3.63) is 29.3 Å². The Balaban J connectivity index is 1.55. The van der Waals surface area contributed by atoms with E-state index in [1.54, 1.807) is 23.1 Å². The minimum atomic E-state index is -3.22. The zero-order valence-electron chi connectivity index (χ0n) is 13.1. The summed E-state index contributed by atoms with van der Waals surface area (Å²) in [5, 5.41) is 9.15. The van der Waals surface area contributed by atoms with E-state index in [1.807, 2.05) is 0 Å². The topological polar surface area (TPSA) is 91.8 Å². The van der Waals surface area contributed by atoms with Crippen molar-refractivity contribution in [2.24, 2.45) is 17.8 Å². The number of hydrogen-bond donors (Lipinski definition) is 1. The summed E-state index contributed by atoms with van der Waals surface area (Å²) in [6.45, 7) is 1.05. The van der Waals surface area contributed by atoms with Crippen LogP contribution in [0.1, 0.15) is 28.8 Å². The maximum absolute atomic E-state index is 12.7. The molecule has 1 N–H and O–H groups in total. The van der Waals surface area contributed by atoms with Crippen LogP contribution in [0.3, 0.4) is 0 Å². The summed E-state index contributed by atoms with van der Waals surface area (Å²) in [5.41, 5.74) is 1.22. The Labute approximate surface area is 140 Å². The Morgan fingerprint density at radius 2 is 2.00 bits per heavy atom. The summed E-state index contributed by atoms with van der Waals surface area (Å²) >= 11 is 0. The molecule has 2 heterocycles. The number of rotatable bonds is 2. The van der Waals surface area contributed by atoms with E-state index in [1.165, 1.54) is 0 Å². The van der Waals surface area contributed by atoms with Crippen LogP contribution < -0.4 is 0 Å². The van der Waals surface area contributed by atoms with Crippen LogP contribution in [-0.2, 0) is 21.1 Å². The van der Waals surface area contributed by atoms with E-state index in [4.69, 9.17) is 5.11 Å². The first-order valence-electron chi connectivity index (χ1n) is 8.26. The lowest BCUT2D eigenvalue weighted by Gasteiger charge is -2.27. The zero-order chi connectivity index (χ0) is 17.1. The van der Waals surface area contributed by atoms with E-state index in [0.29, 0.717) is 36.4 Å². The lowest BCUT2D eigenvalue weighted by atomic mass is 10.0. The van der Waals surface area contributed by atoms with Crippen LogP contribution in [0, 0.1) is 17.8 Å². The van der Waals surface area contributed by atoms with Gasteiger partial charge in [-0.05, 0) is 54.9 Å². The van der Waals surface area contributed by atoms with Crippen molar-refractivity contribution >= 4 is 21.7 Å². The molecule has 1 saturated heterocycles. The van der Waals surface area contributed by atoms with Gasteiger partial charge >= 0.3 is 5.97 Å². The minimum absolute atomic E-state index is 0.0678. The zero-order valence-corrected chi connectivity index (χ0v) is 14.0. The van der Waals surface area contributed by atoms with Crippen LogP contribution in [0.15, 0.2) is 23.1 Å². The average Bonchev–Trinajstić information content (AvgIpc) is 3.27. The molecule has 1 aliphatic carbocycles. The van der Waals surface area contributed by atoms with Crippen LogP contribution in [0.4, 0.5) is 0 Å². The molecule has 2 fully saturated rings. The average molecular weight is 349 g/mol. The number of aliphatic carboxylic acids is 1. The highest BCUT2D eigenvalue weighted by Crippen LogP contribution is 2.51. The number of carbonyl (C=O) groups is 2. The number of likely N-dealkylation sites (tertiary alicyclic amines) is 1. The van der Waals surface area contributed by atoms with Gasteiger partial charge in [0.25, 0.3) is 5.91 Å². The second-order valence-corrected chi connectivity index (χ2v) is 9.05. The minimum Gasteiger partial charge on any atom is -0.481 e. The van der Waals surface area contributed by atoms with Crippen LogP contribution in [0.25, 0.3) is 0 Å². The number of hydrogen-bond acceptors (Lipinski definition) is 4. The largest absolute Gasteiger partial charge is 0.481 e. The predicted molar refractivity (Wildman–Crippen MR) is 85.4 cm³/mol. The Hall–Kier alpha value is -1.89. The highest BCUT2D eigenvalue weighted by molar-refractivity contribution is 7.91. The number of sulfone groups is 1. The van der Waals surface area contributed by atoms with Gasteiger partial charge in [0.05, 0.1) is 16.6 Å². The van der Waals surface area contributed by atoms with E-state index >= 15 is 0 Å². The highest BCUT2D eigenvalue weighted by Gasteiger charge is 2.57. The van der Waals surface area contributed by atoms with Gasteiger partial charge in [0.1, 0.15) is 0 Å². The molecule has 128 valence electrons. The van der Waals surface area contributed by atoms with Crippen molar-refractivity contribution in [3.63, 3.8) is 0 Å². The van der Waals surface area contributed by atoms with Gasteiger partial charge in [-0.2, -0.15) is 0 Å². The number of carboxylic acid groups (broad SMARTS) is 1. The molecule has 0 spiro atoms. The molecule has 2 aliphatic heterocycles. The van der Waals surface area contributed by atoms with Gasteiger partial charge in [-0.1, -0.05) is 0 Å². The molecular formula is C17H19NO5S. The molecule has 1 aromatic rings. The molecule has 6 nitrogen and oxygen atoms in total. The monoisotopic (exact) mass is 349 g/mol. The van der Waals surface area contributed by atoms with Gasteiger partial charge in [0.15, 0.2) is 9.84 Å². The first-order chi connectivity index (χ1) is 11.4. The molecule has 4 rings (SSSR count). The lowest BCUT2D eigenvalue weighted by molar-refractivity contribution is -0.139. The normalized spacial score (nSPS) is 30.2. The summed E-state index contributed by atoms with van der Waals surface area (Å²) in [6.07, 6.45) is 1.98. The second kappa shape index (κ2) is 5.31. The standard InChI is InChI=1S/C17H19NO5S/c19-16(18-6-5-12-13(9-18)15(12)17(20)21)11-3-4-14-10(8-11)2-1-7-24(14,22)23/h3-4,8,12-13,15H,1-2,5-7,9H2,(H,20,21)/t12-,13+,15-/m1/s1. The predicted octanol–water partition coefficient (Wildman–Crippen LogP) is 1.20. The van der Waals surface area contributed by atoms with Crippen molar-refractivity contribution < 1.29 is 23.1 Å². The fourth-order valence-electron chi connectivity index (χ4n) is 4.25. The number of carbonyl (C=O) groups excluding carboxylic acids is 1. The summed E-state index contributed by atoms with van der Waals surface area (Å²) in [5.74, 6) is -0.762. The number of piperidine rings is 1. The van der Waals surface area contributed by atoms with E-state index in [-0.39, 0.29) is 29.4 Å². The van der Waals surface area contributed by atoms with Gasteiger partial charge in [0, 0.05) is 18.7 Å². The van der Waals surface area contributed by atoms with E-state index in [0.717, 1.165) is 12.0 Å². The maximum atomic E-state index is 12.7. The van der Waals surface area contributed by atoms with Crippen molar-refractivity contribution in [1.82, 2.24) is 4.90 Å². The Morgan fingerprint density at radius 3 is 2.75 bits per heavy atom. The van der Waals surface area contributed by atoms with Gasteiger partial charge in [-0.15, -0.1) is 0 Å². The van der Waals surface area contributed by atoms with Gasteiger partial charge in [0.2, 0.25) is 0 Å². The molecule has 7 heteroatoms. The molecule has 1 amide bonds. The van der Waals surface area contributed by atoms with Crippen LogP contribution >= 0.6 is 0 Å². The Bertz CT molecular complexity index is 831. The van der Waals surface area contributed by atoms with Crippen molar-refractivity contribution in [1.29, 1.82) is 0 Å². The Morgan fingerprint density at radius 1 is 1.21 bits per heavy atom. The fraction of sp³-hybridized carbons (Fsp3) is 0.529. The van der Waals surface area contributed by atoms with Gasteiger partial charge < -0.3 is 10.0 Å². The first-order valence-corrected chi connectivity index (χ1v) is 9.91. The molecule has 0 unspecified atom stereocenters. The third-order valence-corrected chi connectivity index (χ3v) is 7.46. The molecule has 0 radical (unpaired) electrons. The van der Waals surface area contributed by atoms with E-state index in [9.17, 15) is 18.0 Å². The molecular weight excluding hydrogens is 330 g/mol. The van der Waals surface area contributed by atoms with Crippen LogP contribution in [0.2, 0.25) is 0 Å². The summed E-state index contributed by atoms with van der Waals surface area (Å²) in [6, 6.07) is 4.82. The lowest BCUT2D eigenvalue weighted by Crippen LogP contribution is -2.37. The molecule has 1 aromatic carbocycles. The fourth-order valence-corrected chi connectivity index (χ4v) is 5.83. The van der Waals surface area contributed by atoms with Crippen molar-refractivity contribution in [2.75, 3.05) is 18.8 Å². The Kier molecular flexibility index (Phi) is 3.46. The SMILES string of the molecule is O=C(O)[C@@H]1[C@@H]2CCN(C(=O)c3ccc4c(c3)CCCS4(=O)=O)C[C@@H]21. The molecule has 3 aliphatic rings. The second-order valence-electron chi connectivity index (χ2n) is 6.98. The van der Waals surface area contributed by atoms with E-state index in [2.05, 4.69) is 0 Å². The summed E-state index contributed by atoms with van der Waals surface area (Å²) in [7, 11) is -3.22. The molecule has 24 heavy (non-hydrogen) atoms. The number of amides is 1. The number of aryl methyl sites for hydroxylation is 1. The number of benzene rings is 1. The summed E-state index contributed by atoms with van der Waals surface area (Å²) in [4.78, 5) is 25.9. The van der Waals surface area contributed by atoms with Crippen molar-refractivity contribution in [3.8, 4) is 0 Å². The molecule has 0 bridgehead atoms. The quantitative estimate of drug-likeness (QED) is 0.866. The van der Waals surface area contributed by atoms with Crippen LogP contribution in [0.5, 0.6) is 0 Å². The maximum Gasteiger partial charge on any atom is 0.307 e. The number of fused-ring (bicyclic) bond motifs is 2. The highest BCUT2D eigenvalue weighted by atomic mass is 32.2. The van der Waals surface area contributed by atoms with Gasteiger partial charge in [-0.3, -0.25) is 9.59 Å². The van der Waals surface area contributed by atoms with Crippen LogP contribution in [-0.4, -0.2) is 49.1 Å². The van der Waals surface area contributed by atoms with E-state index < -0.39 is 15.8 Å². The van der Waals surface area contributed by atoms with Gasteiger partial charge in [-0.25, -0.2) is 8.42 Å². The summed E-state index contributed by atoms with van der Waals surface area (Å²) < 4.78 is 24.1. The smallest absolute Gasteiger partial charge is 0.307 e. The number of carboxylic acids is 1. The molecule has 1 saturated carbocycles. The molecule has 0 aromatic heterocycles. The van der Waals surface area contributed by atoms with Crippen molar-refractivity contribution in [2.45, 2.75) is 24.2 Å². The first kappa shape index (κ1) is 15.6. The third-order valence-electron chi connectivity index (χ3n) is 5.57. The number of nitrogens with zero attached hydrogens (tertiary/aromatic N) is 1. The molecule has 3 atom stereocenters.